The SMILES string of the molecule is CCc1ccc(N2c3cccc4c3B(c3cc(CC)ccc3N4c3ccc(CC)cc3-c3ccc4c5ccccc5c5ccccc5c4c3)c3sc4ccc(CC)cc4c32)cc1. The van der Waals surface area contributed by atoms with E-state index in [-0.39, 0.29) is 6.71 Å². The van der Waals surface area contributed by atoms with E-state index in [0.717, 1.165) is 25.7 Å². The summed E-state index contributed by atoms with van der Waals surface area (Å²) in [5.41, 5.74) is 18.2. The Kier molecular flexibility index (Phi) is 8.69. The molecule has 0 amide bonds. The van der Waals surface area contributed by atoms with E-state index in [2.05, 4.69) is 201 Å². The van der Waals surface area contributed by atoms with Gasteiger partial charge in [0.05, 0.1) is 11.4 Å². The van der Waals surface area contributed by atoms with Gasteiger partial charge in [-0.2, -0.15) is 0 Å². The Hall–Kier alpha value is -6.62. The fourth-order valence-electron chi connectivity index (χ4n) is 10.7. The second-order valence-electron chi connectivity index (χ2n) is 17.1. The highest BCUT2D eigenvalue weighted by molar-refractivity contribution is 7.33. The molecule has 0 N–H and O–H groups in total. The Balaban J connectivity index is 1.14. The Bertz CT molecular complexity index is 3400. The summed E-state index contributed by atoms with van der Waals surface area (Å²) in [5.74, 6) is 0. The van der Waals surface area contributed by atoms with Crippen molar-refractivity contribution >= 4 is 110 Å². The van der Waals surface area contributed by atoms with Crippen molar-refractivity contribution in [3.05, 3.63) is 186 Å². The quantitative estimate of drug-likeness (QED) is 0.117. The molecule has 12 rings (SSSR count). The van der Waals surface area contributed by atoms with Gasteiger partial charge in [-0.3, -0.25) is 0 Å². The Morgan fingerprint density at radius 1 is 0.419 bits per heavy atom. The molecule has 0 saturated carbocycles. The monoisotopic (exact) mass is 814 g/mol. The number of anilines is 6. The average molecular weight is 815 g/mol. The lowest BCUT2D eigenvalue weighted by molar-refractivity contribution is 1.13. The van der Waals surface area contributed by atoms with Crippen LogP contribution in [0.4, 0.5) is 34.1 Å². The highest BCUT2D eigenvalue weighted by Gasteiger charge is 2.45. The molecule has 0 radical (unpaired) electrons. The van der Waals surface area contributed by atoms with Crippen molar-refractivity contribution in [2.24, 2.45) is 0 Å². The second kappa shape index (κ2) is 14.5. The number of hydrogen-bond acceptors (Lipinski definition) is 3. The molecule has 2 aliphatic heterocycles. The summed E-state index contributed by atoms with van der Waals surface area (Å²) in [7, 11) is 0. The zero-order valence-corrected chi connectivity index (χ0v) is 36.6. The molecule has 0 bridgehead atoms. The van der Waals surface area contributed by atoms with Crippen LogP contribution in [0.2, 0.25) is 0 Å². The lowest BCUT2D eigenvalue weighted by Gasteiger charge is -2.43. The van der Waals surface area contributed by atoms with Crippen LogP contribution in [0, 0.1) is 0 Å². The van der Waals surface area contributed by atoms with Gasteiger partial charge in [0.1, 0.15) is 0 Å². The molecule has 62 heavy (non-hydrogen) atoms. The van der Waals surface area contributed by atoms with E-state index in [0.29, 0.717) is 0 Å². The van der Waals surface area contributed by atoms with Crippen LogP contribution in [0.15, 0.2) is 164 Å². The van der Waals surface area contributed by atoms with Gasteiger partial charge in [-0.15, -0.1) is 11.3 Å². The van der Waals surface area contributed by atoms with Gasteiger partial charge < -0.3 is 9.80 Å². The normalized spacial score (nSPS) is 13.0. The van der Waals surface area contributed by atoms with Crippen LogP contribution in [-0.4, -0.2) is 6.71 Å². The summed E-state index contributed by atoms with van der Waals surface area (Å²) in [6.07, 6.45) is 3.98. The lowest BCUT2D eigenvalue weighted by Crippen LogP contribution is -2.60. The maximum Gasteiger partial charge on any atom is 0.264 e. The van der Waals surface area contributed by atoms with Crippen molar-refractivity contribution in [2.45, 2.75) is 53.4 Å². The standard InChI is InChI=1S/C58H47BN2S/c1-5-36-20-26-41(27-21-36)60-53-18-13-19-54-56(53)59(58-57(60)49-33-38(7-3)24-31-55(49)62-58)50-34-39(8-4)23-30-52(50)61(54)51-29-22-37(6-2)32-47(51)40-25-28-46-44-16-10-9-14-42(44)43-15-11-12-17-45(43)48(46)35-40/h9-35H,5-8H2,1-4H3. The molecule has 2 aliphatic rings. The summed E-state index contributed by atoms with van der Waals surface area (Å²) in [4.78, 5) is 5.20. The highest BCUT2D eigenvalue weighted by atomic mass is 32.1. The summed E-state index contributed by atoms with van der Waals surface area (Å²) in [6.45, 7) is 9.17. The van der Waals surface area contributed by atoms with Crippen molar-refractivity contribution < 1.29 is 0 Å². The average Bonchev–Trinajstić information content (AvgIpc) is 3.72. The third kappa shape index (κ3) is 5.49. The molecule has 10 aromatic rings. The van der Waals surface area contributed by atoms with Crippen LogP contribution in [-0.2, 0) is 25.7 Å². The molecule has 0 atom stereocenters. The molecular weight excluding hydrogens is 768 g/mol. The van der Waals surface area contributed by atoms with Gasteiger partial charge in [0.15, 0.2) is 0 Å². The fourth-order valence-corrected chi connectivity index (χ4v) is 12.0. The van der Waals surface area contributed by atoms with Crippen LogP contribution in [0.3, 0.4) is 0 Å². The first kappa shape index (κ1) is 37.2. The van der Waals surface area contributed by atoms with Crippen LogP contribution in [0.25, 0.3) is 53.5 Å². The van der Waals surface area contributed by atoms with Crippen molar-refractivity contribution in [1.82, 2.24) is 0 Å². The van der Waals surface area contributed by atoms with Crippen LogP contribution in [0.1, 0.15) is 49.9 Å². The third-order valence-corrected chi connectivity index (χ3v) is 15.1. The minimum Gasteiger partial charge on any atom is -0.311 e. The van der Waals surface area contributed by atoms with Gasteiger partial charge in [0.25, 0.3) is 6.71 Å². The lowest BCUT2D eigenvalue weighted by atomic mass is 9.36. The van der Waals surface area contributed by atoms with Gasteiger partial charge in [-0.1, -0.05) is 131 Å². The Labute approximate surface area is 368 Å². The van der Waals surface area contributed by atoms with E-state index in [1.165, 1.54) is 126 Å². The van der Waals surface area contributed by atoms with E-state index < -0.39 is 0 Å². The molecule has 298 valence electrons. The van der Waals surface area contributed by atoms with Gasteiger partial charge in [0.2, 0.25) is 0 Å². The van der Waals surface area contributed by atoms with Crippen LogP contribution in [0.5, 0.6) is 0 Å². The van der Waals surface area contributed by atoms with Gasteiger partial charge in [-0.25, -0.2) is 0 Å². The minimum atomic E-state index is 0.0984. The van der Waals surface area contributed by atoms with E-state index in [1.807, 2.05) is 11.3 Å². The minimum absolute atomic E-state index is 0.0984. The first-order valence-electron chi connectivity index (χ1n) is 22.5. The van der Waals surface area contributed by atoms with E-state index in [4.69, 9.17) is 0 Å². The number of aryl methyl sites for hydroxylation is 4. The highest BCUT2D eigenvalue weighted by Crippen LogP contribution is 2.50. The summed E-state index contributed by atoms with van der Waals surface area (Å²) < 4.78 is 2.78. The summed E-state index contributed by atoms with van der Waals surface area (Å²) in [5, 5.41) is 9.14. The Morgan fingerprint density at radius 2 is 0.984 bits per heavy atom. The molecule has 0 spiro atoms. The smallest absolute Gasteiger partial charge is 0.264 e. The molecule has 0 unspecified atom stereocenters. The number of rotatable bonds is 7. The molecule has 3 heterocycles. The molecular formula is C58H47BN2S. The maximum atomic E-state index is 2.60. The van der Waals surface area contributed by atoms with Crippen LogP contribution < -0.4 is 25.5 Å². The van der Waals surface area contributed by atoms with E-state index >= 15 is 0 Å². The zero-order chi connectivity index (χ0) is 41.6. The van der Waals surface area contributed by atoms with Crippen molar-refractivity contribution in [2.75, 3.05) is 9.80 Å². The van der Waals surface area contributed by atoms with Crippen molar-refractivity contribution in [1.29, 1.82) is 0 Å². The topological polar surface area (TPSA) is 6.48 Å². The first-order chi connectivity index (χ1) is 30.6. The zero-order valence-electron chi connectivity index (χ0n) is 35.8. The Morgan fingerprint density at radius 3 is 1.66 bits per heavy atom. The summed E-state index contributed by atoms with van der Waals surface area (Å²) in [6, 6.07) is 63.0. The molecule has 0 aliphatic carbocycles. The van der Waals surface area contributed by atoms with Gasteiger partial charge in [0, 0.05) is 43.2 Å². The molecule has 0 saturated heterocycles. The largest absolute Gasteiger partial charge is 0.311 e. The molecule has 2 nitrogen and oxygen atoms in total. The second-order valence-corrected chi connectivity index (χ2v) is 18.2. The summed E-state index contributed by atoms with van der Waals surface area (Å²) >= 11 is 1.99. The fraction of sp³-hybridized carbons (Fsp3) is 0.138. The molecule has 0 fully saturated rings. The molecule has 4 heteroatoms. The number of nitrogens with zero attached hydrogens (tertiary/aromatic N) is 2. The predicted molar refractivity (Wildman–Crippen MR) is 271 cm³/mol. The van der Waals surface area contributed by atoms with Gasteiger partial charge >= 0.3 is 0 Å². The maximum absolute atomic E-state index is 2.60. The number of thiophene rings is 1. The van der Waals surface area contributed by atoms with E-state index in [1.54, 1.807) is 0 Å². The predicted octanol–water partition coefficient (Wildman–Crippen LogP) is 14.4. The van der Waals surface area contributed by atoms with E-state index in [9.17, 15) is 0 Å². The number of fused-ring (bicyclic) bond motifs is 12. The van der Waals surface area contributed by atoms with Gasteiger partial charge in [-0.05, 0) is 157 Å². The van der Waals surface area contributed by atoms with Crippen molar-refractivity contribution in [3.63, 3.8) is 0 Å². The van der Waals surface area contributed by atoms with Crippen molar-refractivity contribution in [3.8, 4) is 11.1 Å². The third-order valence-electron chi connectivity index (χ3n) is 13.9. The number of benzene rings is 9. The van der Waals surface area contributed by atoms with Crippen LogP contribution >= 0.6 is 11.3 Å². The molecule has 9 aromatic carbocycles. The molecule has 1 aromatic heterocycles. The number of hydrogen-bond donors (Lipinski definition) is 0. The first-order valence-corrected chi connectivity index (χ1v) is 23.3.